The number of carbonyl (C=O) groups is 1. The predicted molar refractivity (Wildman–Crippen MR) is 80.7 cm³/mol. The van der Waals surface area contributed by atoms with Gasteiger partial charge in [-0.05, 0) is 24.3 Å². The molecular weight excluding hydrogens is 266 g/mol. The van der Waals surface area contributed by atoms with Crippen molar-refractivity contribution in [1.29, 1.82) is 0 Å². The lowest BCUT2D eigenvalue weighted by atomic mass is 10.3. The van der Waals surface area contributed by atoms with E-state index in [2.05, 4.69) is 10.4 Å². The number of imidazole rings is 1. The molecule has 1 aromatic heterocycles. The largest absolute Gasteiger partial charge is 0.493 e. The third kappa shape index (κ3) is 3.20. The molecule has 1 N–H and O–H groups in total. The molecule has 5 heteroatoms. The molecule has 0 fully saturated rings. The summed E-state index contributed by atoms with van der Waals surface area (Å²) in [4.78, 5) is 16.1. The standard InChI is InChI=1S/C16H15N3O2/c20-16(10-11-21-13-6-2-1-3-7-13)18-19-12-17-14-8-4-5-9-15(14)19/h1-9,12H,10-11H2,(H,18,20). The minimum atomic E-state index is -0.117. The Bertz CT molecular complexity index is 737. The second kappa shape index (κ2) is 6.09. The molecule has 0 radical (unpaired) electrons. The van der Waals surface area contributed by atoms with Crippen LogP contribution in [0.2, 0.25) is 0 Å². The van der Waals surface area contributed by atoms with E-state index in [1.165, 1.54) is 0 Å². The number of hydrogen-bond acceptors (Lipinski definition) is 3. The van der Waals surface area contributed by atoms with Crippen LogP contribution in [0.15, 0.2) is 60.9 Å². The lowest BCUT2D eigenvalue weighted by Gasteiger charge is -2.08. The lowest BCUT2D eigenvalue weighted by molar-refractivity contribution is -0.117. The Kier molecular flexibility index (Phi) is 3.82. The Labute approximate surface area is 122 Å². The van der Waals surface area contributed by atoms with Crippen molar-refractivity contribution in [2.75, 3.05) is 12.0 Å². The lowest BCUT2D eigenvalue weighted by Crippen LogP contribution is -2.23. The highest BCUT2D eigenvalue weighted by Crippen LogP contribution is 2.10. The van der Waals surface area contributed by atoms with Gasteiger partial charge < -0.3 is 4.74 Å². The van der Waals surface area contributed by atoms with Crippen molar-refractivity contribution in [3.63, 3.8) is 0 Å². The number of aromatic nitrogens is 2. The fourth-order valence-electron chi connectivity index (χ4n) is 2.02. The molecular formula is C16H15N3O2. The molecule has 0 unspecified atom stereocenters. The summed E-state index contributed by atoms with van der Waals surface area (Å²) in [6, 6.07) is 17.1. The molecule has 21 heavy (non-hydrogen) atoms. The van der Waals surface area contributed by atoms with Crippen LogP contribution in [0.3, 0.4) is 0 Å². The molecule has 3 rings (SSSR count). The number of nitrogens with zero attached hydrogens (tertiary/aromatic N) is 2. The van der Waals surface area contributed by atoms with Crippen molar-refractivity contribution in [1.82, 2.24) is 9.66 Å². The summed E-state index contributed by atoms with van der Waals surface area (Å²) in [6.45, 7) is 0.336. The summed E-state index contributed by atoms with van der Waals surface area (Å²) in [5.74, 6) is 0.646. The number of ether oxygens (including phenoxy) is 1. The van der Waals surface area contributed by atoms with E-state index in [9.17, 15) is 4.79 Å². The number of hydrogen-bond donors (Lipinski definition) is 1. The number of fused-ring (bicyclic) bond motifs is 1. The van der Waals surface area contributed by atoms with Gasteiger partial charge in [0.15, 0.2) is 0 Å². The van der Waals surface area contributed by atoms with Crippen LogP contribution in [0.1, 0.15) is 6.42 Å². The van der Waals surface area contributed by atoms with E-state index >= 15 is 0 Å². The van der Waals surface area contributed by atoms with Crippen molar-refractivity contribution >= 4 is 16.9 Å². The fraction of sp³-hybridized carbons (Fsp3) is 0.125. The fourth-order valence-corrected chi connectivity index (χ4v) is 2.02. The van der Waals surface area contributed by atoms with Gasteiger partial charge >= 0.3 is 0 Å². The molecule has 0 bridgehead atoms. The van der Waals surface area contributed by atoms with Gasteiger partial charge in [-0.3, -0.25) is 10.2 Å². The molecule has 0 saturated heterocycles. The van der Waals surface area contributed by atoms with Gasteiger partial charge in [0.1, 0.15) is 12.1 Å². The summed E-state index contributed by atoms with van der Waals surface area (Å²) in [5.41, 5.74) is 4.50. The number of nitrogens with one attached hydrogen (secondary N) is 1. The maximum absolute atomic E-state index is 11.9. The molecule has 0 aliphatic carbocycles. The molecule has 0 spiro atoms. The van der Waals surface area contributed by atoms with Gasteiger partial charge in [-0.1, -0.05) is 30.3 Å². The smallest absolute Gasteiger partial charge is 0.242 e. The van der Waals surface area contributed by atoms with E-state index in [1.54, 1.807) is 11.0 Å². The van der Waals surface area contributed by atoms with Crippen LogP contribution in [0.25, 0.3) is 11.0 Å². The van der Waals surface area contributed by atoms with Crippen LogP contribution >= 0.6 is 0 Å². The zero-order valence-corrected chi connectivity index (χ0v) is 11.4. The minimum absolute atomic E-state index is 0.117. The molecule has 106 valence electrons. The van der Waals surface area contributed by atoms with Gasteiger partial charge in [0.25, 0.3) is 0 Å². The van der Waals surface area contributed by atoms with Crippen molar-refractivity contribution in [3.05, 3.63) is 60.9 Å². The number of para-hydroxylation sites is 3. The topological polar surface area (TPSA) is 56.1 Å². The highest BCUT2D eigenvalue weighted by molar-refractivity contribution is 5.86. The second-order valence-electron chi connectivity index (χ2n) is 4.55. The Morgan fingerprint density at radius 2 is 1.86 bits per heavy atom. The summed E-state index contributed by atoms with van der Waals surface area (Å²) in [5, 5.41) is 0. The van der Waals surface area contributed by atoms with Gasteiger partial charge in [-0.25, -0.2) is 9.66 Å². The summed E-state index contributed by atoms with van der Waals surface area (Å²) in [7, 11) is 0. The van der Waals surface area contributed by atoms with Gasteiger partial charge in [-0.2, -0.15) is 0 Å². The molecule has 5 nitrogen and oxygen atoms in total. The first-order chi connectivity index (χ1) is 10.3. The summed E-state index contributed by atoms with van der Waals surface area (Å²) < 4.78 is 7.12. The predicted octanol–water partition coefficient (Wildman–Crippen LogP) is 2.58. The Morgan fingerprint density at radius 1 is 1.10 bits per heavy atom. The SMILES string of the molecule is O=C(CCOc1ccccc1)Nn1cnc2ccccc21. The molecule has 0 saturated carbocycles. The molecule has 1 amide bonds. The Morgan fingerprint density at radius 3 is 2.71 bits per heavy atom. The van der Waals surface area contributed by atoms with Crippen LogP contribution in [0.5, 0.6) is 5.75 Å². The van der Waals surface area contributed by atoms with Gasteiger partial charge in [0.2, 0.25) is 5.91 Å². The Hall–Kier alpha value is -2.82. The average molecular weight is 281 g/mol. The first kappa shape index (κ1) is 13.2. The minimum Gasteiger partial charge on any atom is -0.493 e. The number of amides is 1. The molecule has 1 heterocycles. The zero-order chi connectivity index (χ0) is 14.5. The second-order valence-corrected chi connectivity index (χ2v) is 4.55. The van der Waals surface area contributed by atoms with Crippen LogP contribution in [0, 0.1) is 0 Å². The van der Waals surface area contributed by atoms with E-state index in [0.717, 1.165) is 16.8 Å². The van der Waals surface area contributed by atoms with Crippen molar-refractivity contribution in [2.24, 2.45) is 0 Å². The monoisotopic (exact) mass is 281 g/mol. The summed E-state index contributed by atoms with van der Waals surface area (Å²) in [6.07, 6.45) is 1.88. The van der Waals surface area contributed by atoms with Crippen molar-refractivity contribution in [2.45, 2.75) is 6.42 Å². The van der Waals surface area contributed by atoms with E-state index in [4.69, 9.17) is 4.74 Å². The van der Waals surface area contributed by atoms with E-state index in [0.29, 0.717) is 6.61 Å². The third-order valence-corrected chi connectivity index (χ3v) is 3.04. The Balaban J connectivity index is 1.55. The molecule has 0 aliphatic heterocycles. The van der Waals surface area contributed by atoms with Crippen LogP contribution < -0.4 is 10.2 Å². The molecule has 0 atom stereocenters. The van der Waals surface area contributed by atoms with Crippen LogP contribution in [-0.2, 0) is 4.79 Å². The average Bonchev–Trinajstić information content (AvgIpc) is 2.92. The van der Waals surface area contributed by atoms with Crippen LogP contribution in [0.4, 0.5) is 0 Å². The number of carbonyl (C=O) groups excluding carboxylic acids is 1. The highest BCUT2D eigenvalue weighted by Gasteiger charge is 2.06. The van der Waals surface area contributed by atoms with E-state index in [1.807, 2.05) is 54.6 Å². The van der Waals surface area contributed by atoms with Gasteiger partial charge in [0, 0.05) is 0 Å². The van der Waals surface area contributed by atoms with Gasteiger partial charge in [0.05, 0.1) is 24.1 Å². The number of benzene rings is 2. The summed E-state index contributed by atoms with van der Waals surface area (Å²) >= 11 is 0. The van der Waals surface area contributed by atoms with Crippen molar-refractivity contribution < 1.29 is 9.53 Å². The normalized spacial score (nSPS) is 10.5. The highest BCUT2D eigenvalue weighted by atomic mass is 16.5. The maximum Gasteiger partial charge on any atom is 0.242 e. The quantitative estimate of drug-likeness (QED) is 0.782. The molecule has 0 aliphatic rings. The van der Waals surface area contributed by atoms with E-state index < -0.39 is 0 Å². The van der Waals surface area contributed by atoms with E-state index in [-0.39, 0.29) is 12.3 Å². The first-order valence-electron chi connectivity index (χ1n) is 6.73. The third-order valence-electron chi connectivity index (χ3n) is 3.04. The van der Waals surface area contributed by atoms with Gasteiger partial charge in [-0.15, -0.1) is 0 Å². The van der Waals surface area contributed by atoms with Crippen LogP contribution in [-0.4, -0.2) is 22.2 Å². The first-order valence-corrected chi connectivity index (χ1v) is 6.73. The van der Waals surface area contributed by atoms with Crippen molar-refractivity contribution in [3.8, 4) is 5.75 Å². The zero-order valence-electron chi connectivity index (χ0n) is 11.4. The molecule has 2 aromatic carbocycles. The molecule has 3 aromatic rings. The number of rotatable bonds is 5. The maximum atomic E-state index is 11.9.